The molecule has 0 atom stereocenters. The largest absolute Gasteiger partial charge is 0.450 e. The average molecular weight is 278 g/mol. The molecular weight excluding hydrogens is 256 g/mol. The van der Waals surface area contributed by atoms with E-state index in [0.29, 0.717) is 26.2 Å². The maximum atomic E-state index is 11.7. The lowest BCUT2D eigenvalue weighted by Crippen LogP contribution is -2.49. The first kappa shape index (κ1) is 14.6. The van der Waals surface area contributed by atoms with E-state index in [4.69, 9.17) is 10.5 Å². The van der Waals surface area contributed by atoms with Crippen LogP contribution in [0.2, 0.25) is 0 Å². The van der Waals surface area contributed by atoms with Crippen LogP contribution in [0.3, 0.4) is 0 Å². The summed E-state index contributed by atoms with van der Waals surface area (Å²) in [5, 5.41) is 0. The lowest BCUT2D eigenvalue weighted by atomic mass is 10.2. The molecule has 2 rings (SSSR count). The number of aromatic nitrogens is 1. The Morgan fingerprint density at radius 3 is 2.65 bits per heavy atom. The molecule has 2 N–H and O–H groups in total. The molecule has 2 heterocycles. The summed E-state index contributed by atoms with van der Waals surface area (Å²) in [6.07, 6.45) is -0.233. The van der Waals surface area contributed by atoms with Crippen LogP contribution < -0.4 is 10.6 Å². The fraction of sp³-hybridized carbons (Fsp3) is 0.571. The van der Waals surface area contributed by atoms with Gasteiger partial charge in [-0.1, -0.05) is 6.07 Å². The molecule has 1 aromatic rings. The number of carbonyl (C=O) groups excluding carboxylic acids is 1. The van der Waals surface area contributed by atoms with Crippen molar-refractivity contribution in [1.82, 2.24) is 9.88 Å². The lowest BCUT2D eigenvalue weighted by molar-refractivity contribution is 0.105. The molecule has 1 fully saturated rings. The lowest BCUT2D eigenvalue weighted by Gasteiger charge is -2.35. The smallest absolute Gasteiger partial charge is 0.409 e. The number of rotatable bonds is 3. The van der Waals surface area contributed by atoms with E-state index < -0.39 is 0 Å². The van der Waals surface area contributed by atoms with Crippen LogP contribution in [0, 0.1) is 6.92 Å². The summed E-state index contributed by atoms with van der Waals surface area (Å²) in [7, 11) is 0. The second-order valence-electron chi connectivity index (χ2n) is 4.81. The van der Waals surface area contributed by atoms with Crippen LogP contribution in [0.15, 0.2) is 12.1 Å². The molecule has 0 unspecified atom stereocenters. The van der Waals surface area contributed by atoms with Gasteiger partial charge in [-0.3, -0.25) is 0 Å². The van der Waals surface area contributed by atoms with E-state index in [2.05, 4.69) is 9.88 Å². The number of carbonyl (C=O) groups is 1. The summed E-state index contributed by atoms with van der Waals surface area (Å²) in [5.41, 5.74) is 7.79. The van der Waals surface area contributed by atoms with Crippen LogP contribution in [-0.4, -0.2) is 48.8 Å². The van der Waals surface area contributed by atoms with Crippen LogP contribution in [0.5, 0.6) is 0 Å². The number of nitrogens with two attached hydrogens (primary N) is 1. The van der Waals surface area contributed by atoms with Crippen molar-refractivity contribution in [3.63, 3.8) is 0 Å². The normalized spacial score (nSPS) is 15.3. The van der Waals surface area contributed by atoms with Gasteiger partial charge in [-0.05, 0) is 19.9 Å². The zero-order valence-electron chi connectivity index (χ0n) is 12.1. The first-order valence-corrected chi connectivity index (χ1v) is 6.99. The number of nitrogens with zero attached hydrogens (tertiary/aromatic N) is 3. The molecule has 6 heteroatoms. The Labute approximate surface area is 119 Å². The van der Waals surface area contributed by atoms with Gasteiger partial charge in [-0.15, -0.1) is 0 Å². The van der Waals surface area contributed by atoms with Crippen molar-refractivity contribution in [2.45, 2.75) is 20.4 Å². The minimum absolute atomic E-state index is 0.233. The van der Waals surface area contributed by atoms with Gasteiger partial charge in [-0.25, -0.2) is 9.78 Å². The maximum Gasteiger partial charge on any atom is 0.409 e. The zero-order chi connectivity index (χ0) is 14.5. The first-order valence-electron chi connectivity index (χ1n) is 6.99. The predicted octanol–water partition coefficient (Wildman–Crippen LogP) is 1.13. The molecule has 1 amide bonds. The van der Waals surface area contributed by atoms with Gasteiger partial charge in [0.2, 0.25) is 0 Å². The average Bonchev–Trinajstić information content (AvgIpc) is 2.47. The third-order valence-corrected chi connectivity index (χ3v) is 3.42. The van der Waals surface area contributed by atoms with Crippen molar-refractivity contribution in [2.24, 2.45) is 5.73 Å². The van der Waals surface area contributed by atoms with E-state index in [9.17, 15) is 4.79 Å². The van der Waals surface area contributed by atoms with Crippen molar-refractivity contribution in [3.05, 3.63) is 23.4 Å². The number of anilines is 1. The standard InChI is InChI=1S/C14H22N4O2/c1-3-20-14(19)18-8-6-17(7-9-18)13-12(10-15)5-4-11(2)16-13/h4-5H,3,6-10,15H2,1-2H3. The van der Waals surface area contributed by atoms with Gasteiger partial charge in [-0.2, -0.15) is 0 Å². The molecule has 110 valence electrons. The topological polar surface area (TPSA) is 71.7 Å². The molecule has 0 saturated carbocycles. The SMILES string of the molecule is CCOC(=O)N1CCN(c2nc(C)ccc2CN)CC1. The molecule has 0 aromatic carbocycles. The zero-order valence-corrected chi connectivity index (χ0v) is 12.1. The number of pyridine rings is 1. The van der Waals surface area contributed by atoms with E-state index in [1.165, 1.54) is 0 Å². The third kappa shape index (κ3) is 3.19. The molecule has 0 spiro atoms. The number of aryl methyl sites for hydroxylation is 1. The highest BCUT2D eigenvalue weighted by Crippen LogP contribution is 2.20. The van der Waals surface area contributed by atoms with Gasteiger partial charge in [0, 0.05) is 44.0 Å². The molecule has 1 saturated heterocycles. The number of ether oxygens (including phenoxy) is 1. The van der Waals surface area contributed by atoms with Crippen molar-refractivity contribution in [2.75, 3.05) is 37.7 Å². The van der Waals surface area contributed by atoms with E-state index in [0.717, 1.165) is 30.2 Å². The summed E-state index contributed by atoms with van der Waals surface area (Å²) >= 11 is 0. The summed E-state index contributed by atoms with van der Waals surface area (Å²) in [5.74, 6) is 0.941. The minimum Gasteiger partial charge on any atom is -0.450 e. The minimum atomic E-state index is -0.233. The fourth-order valence-corrected chi connectivity index (χ4v) is 2.32. The highest BCUT2D eigenvalue weighted by Gasteiger charge is 2.23. The summed E-state index contributed by atoms with van der Waals surface area (Å²) < 4.78 is 5.02. The molecule has 0 aliphatic carbocycles. The number of amides is 1. The quantitative estimate of drug-likeness (QED) is 0.897. The highest BCUT2D eigenvalue weighted by atomic mass is 16.6. The second-order valence-corrected chi connectivity index (χ2v) is 4.81. The summed E-state index contributed by atoms with van der Waals surface area (Å²) in [6.45, 7) is 7.48. The molecule has 1 aliphatic heterocycles. The molecule has 1 aromatic heterocycles. The Balaban J connectivity index is 2.03. The Morgan fingerprint density at radius 1 is 1.35 bits per heavy atom. The van der Waals surface area contributed by atoms with E-state index in [-0.39, 0.29) is 6.09 Å². The van der Waals surface area contributed by atoms with Crippen molar-refractivity contribution in [1.29, 1.82) is 0 Å². The number of hydrogen-bond acceptors (Lipinski definition) is 5. The molecule has 1 aliphatic rings. The molecule has 0 radical (unpaired) electrons. The predicted molar refractivity (Wildman–Crippen MR) is 77.7 cm³/mol. The highest BCUT2D eigenvalue weighted by molar-refractivity contribution is 5.68. The van der Waals surface area contributed by atoms with E-state index in [1.54, 1.807) is 4.90 Å². The van der Waals surface area contributed by atoms with Gasteiger partial charge in [0.15, 0.2) is 0 Å². The Hall–Kier alpha value is -1.82. The van der Waals surface area contributed by atoms with Crippen LogP contribution in [-0.2, 0) is 11.3 Å². The van der Waals surface area contributed by atoms with Crippen molar-refractivity contribution >= 4 is 11.9 Å². The van der Waals surface area contributed by atoms with Crippen molar-refractivity contribution < 1.29 is 9.53 Å². The van der Waals surface area contributed by atoms with Crippen LogP contribution >= 0.6 is 0 Å². The molecule has 0 bridgehead atoms. The summed E-state index contributed by atoms with van der Waals surface area (Å²) in [6, 6.07) is 4.00. The van der Waals surface area contributed by atoms with Crippen LogP contribution in [0.1, 0.15) is 18.2 Å². The monoisotopic (exact) mass is 278 g/mol. The molecular formula is C14H22N4O2. The maximum absolute atomic E-state index is 11.7. The van der Waals surface area contributed by atoms with Gasteiger partial charge < -0.3 is 20.3 Å². The Morgan fingerprint density at radius 2 is 2.05 bits per heavy atom. The van der Waals surface area contributed by atoms with E-state index >= 15 is 0 Å². The molecule has 20 heavy (non-hydrogen) atoms. The first-order chi connectivity index (χ1) is 9.65. The number of piperazine rings is 1. The third-order valence-electron chi connectivity index (χ3n) is 3.42. The number of hydrogen-bond donors (Lipinski definition) is 1. The molecule has 6 nitrogen and oxygen atoms in total. The van der Waals surface area contributed by atoms with Crippen LogP contribution in [0.4, 0.5) is 10.6 Å². The Kier molecular flexibility index (Phi) is 4.79. The van der Waals surface area contributed by atoms with Crippen molar-refractivity contribution in [3.8, 4) is 0 Å². The van der Waals surface area contributed by atoms with Gasteiger partial charge in [0.1, 0.15) is 5.82 Å². The van der Waals surface area contributed by atoms with Crippen LogP contribution in [0.25, 0.3) is 0 Å². The second kappa shape index (κ2) is 6.56. The van der Waals surface area contributed by atoms with Gasteiger partial charge in [0.05, 0.1) is 6.61 Å². The summed E-state index contributed by atoms with van der Waals surface area (Å²) in [4.78, 5) is 20.2. The fourth-order valence-electron chi connectivity index (χ4n) is 2.32. The van der Waals surface area contributed by atoms with E-state index in [1.807, 2.05) is 26.0 Å². The van der Waals surface area contributed by atoms with Gasteiger partial charge in [0.25, 0.3) is 0 Å². The Bertz CT molecular complexity index is 470. The van der Waals surface area contributed by atoms with Gasteiger partial charge >= 0.3 is 6.09 Å².